The SMILES string of the molecule is CCc1ccsc1-c1cc(N)n(CCO)n1. The Balaban J connectivity index is 2.37. The highest BCUT2D eigenvalue weighted by atomic mass is 32.1. The second-order valence-electron chi connectivity index (χ2n) is 3.53. The number of aliphatic hydroxyl groups is 1. The lowest BCUT2D eigenvalue weighted by Crippen LogP contribution is -2.07. The number of anilines is 1. The van der Waals surface area contributed by atoms with E-state index >= 15 is 0 Å². The molecule has 5 heteroatoms. The van der Waals surface area contributed by atoms with Crippen LogP contribution in [0.1, 0.15) is 12.5 Å². The topological polar surface area (TPSA) is 64.1 Å². The van der Waals surface area contributed by atoms with Crippen LogP contribution in [0.4, 0.5) is 5.82 Å². The molecule has 0 radical (unpaired) electrons. The first kappa shape index (κ1) is 11.2. The number of aromatic nitrogens is 2. The minimum absolute atomic E-state index is 0.0520. The van der Waals surface area contributed by atoms with Crippen LogP contribution < -0.4 is 5.73 Å². The summed E-state index contributed by atoms with van der Waals surface area (Å²) in [5.41, 5.74) is 8.01. The maximum Gasteiger partial charge on any atom is 0.122 e. The highest BCUT2D eigenvalue weighted by molar-refractivity contribution is 7.13. The van der Waals surface area contributed by atoms with Gasteiger partial charge in [0, 0.05) is 6.07 Å². The molecule has 0 spiro atoms. The van der Waals surface area contributed by atoms with Gasteiger partial charge in [-0.2, -0.15) is 5.10 Å². The Hall–Kier alpha value is -1.33. The zero-order chi connectivity index (χ0) is 11.5. The summed E-state index contributed by atoms with van der Waals surface area (Å²) in [6.07, 6.45) is 0.992. The Labute approximate surface area is 98.3 Å². The van der Waals surface area contributed by atoms with E-state index < -0.39 is 0 Å². The molecule has 4 nitrogen and oxygen atoms in total. The largest absolute Gasteiger partial charge is 0.394 e. The van der Waals surface area contributed by atoms with E-state index in [0.717, 1.165) is 12.1 Å². The Kier molecular flexibility index (Phi) is 3.26. The van der Waals surface area contributed by atoms with Crippen molar-refractivity contribution in [3.8, 4) is 10.6 Å². The third-order valence-electron chi connectivity index (χ3n) is 2.48. The van der Waals surface area contributed by atoms with E-state index in [4.69, 9.17) is 10.8 Å². The van der Waals surface area contributed by atoms with Gasteiger partial charge in [0.15, 0.2) is 0 Å². The van der Waals surface area contributed by atoms with Crippen LogP contribution in [0.5, 0.6) is 0 Å². The molecular weight excluding hydrogens is 222 g/mol. The molecular formula is C11H15N3OS. The van der Waals surface area contributed by atoms with E-state index in [1.807, 2.05) is 6.07 Å². The van der Waals surface area contributed by atoms with Gasteiger partial charge in [-0.25, -0.2) is 4.68 Å². The molecule has 0 amide bonds. The standard InChI is InChI=1S/C11H15N3OS/c1-2-8-3-6-16-11(8)9-7-10(12)14(13-9)4-5-15/h3,6-7,15H,2,4-5,12H2,1H3. The number of nitrogens with zero attached hydrogens (tertiary/aromatic N) is 2. The van der Waals surface area contributed by atoms with Gasteiger partial charge >= 0.3 is 0 Å². The van der Waals surface area contributed by atoms with Crippen molar-refractivity contribution in [1.29, 1.82) is 0 Å². The lowest BCUT2D eigenvalue weighted by atomic mass is 10.2. The van der Waals surface area contributed by atoms with Crippen molar-refractivity contribution in [1.82, 2.24) is 9.78 Å². The molecule has 0 aliphatic heterocycles. The molecule has 86 valence electrons. The van der Waals surface area contributed by atoms with Gasteiger partial charge in [0.1, 0.15) is 11.5 Å². The average molecular weight is 237 g/mol. The fraction of sp³-hybridized carbons (Fsp3) is 0.364. The number of aryl methyl sites for hydroxylation is 1. The average Bonchev–Trinajstić information content (AvgIpc) is 2.86. The summed E-state index contributed by atoms with van der Waals surface area (Å²) in [5.74, 6) is 0.597. The number of thiophene rings is 1. The molecule has 0 aromatic carbocycles. The summed E-state index contributed by atoms with van der Waals surface area (Å²) < 4.78 is 1.63. The quantitative estimate of drug-likeness (QED) is 0.851. The van der Waals surface area contributed by atoms with Crippen LogP contribution in [-0.2, 0) is 13.0 Å². The van der Waals surface area contributed by atoms with Crippen molar-refractivity contribution >= 4 is 17.2 Å². The van der Waals surface area contributed by atoms with Crippen molar-refractivity contribution in [3.05, 3.63) is 23.1 Å². The van der Waals surface area contributed by atoms with Gasteiger partial charge in [0.25, 0.3) is 0 Å². The lowest BCUT2D eigenvalue weighted by Gasteiger charge is -1.99. The second-order valence-corrected chi connectivity index (χ2v) is 4.45. The normalized spacial score (nSPS) is 10.9. The summed E-state index contributed by atoms with van der Waals surface area (Å²) in [6.45, 7) is 2.62. The van der Waals surface area contributed by atoms with Crippen molar-refractivity contribution in [2.75, 3.05) is 12.3 Å². The molecule has 2 aromatic heterocycles. The Morgan fingerprint density at radius 2 is 2.38 bits per heavy atom. The number of hydrogen-bond donors (Lipinski definition) is 2. The Bertz CT molecular complexity index is 475. The van der Waals surface area contributed by atoms with Gasteiger partial charge in [-0.15, -0.1) is 11.3 Å². The number of nitrogens with two attached hydrogens (primary N) is 1. The molecule has 2 aromatic rings. The van der Waals surface area contributed by atoms with Crippen molar-refractivity contribution in [2.24, 2.45) is 0 Å². The molecule has 2 rings (SSSR count). The lowest BCUT2D eigenvalue weighted by molar-refractivity contribution is 0.270. The smallest absolute Gasteiger partial charge is 0.122 e. The molecule has 0 bridgehead atoms. The molecule has 0 aliphatic rings. The Morgan fingerprint density at radius 3 is 3.06 bits per heavy atom. The van der Waals surface area contributed by atoms with E-state index in [0.29, 0.717) is 12.4 Å². The van der Waals surface area contributed by atoms with Gasteiger partial charge in [-0.1, -0.05) is 6.92 Å². The number of aliphatic hydroxyl groups excluding tert-OH is 1. The van der Waals surface area contributed by atoms with Gasteiger partial charge in [0.05, 0.1) is 18.0 Å². The van der Waals surface area contributed by atoms with Gasteiger partial charge in [0.2, 0.25) is 0 Å². The monoisotopic (exact) mass is 237 g/mol. The van der Waals surface area contributed by atoms with Gasteiger partial charge < -0.3 is 10.8 Å². The highest BCUT2D eigenvalue weighted by Crippen LogP contribution is 2.29. The van der Waals surface area contributed by atoms with E-state index in [1.165, 1.54) is 10.4 Å². The minimum Gasteiger partial charge on any atom is -0.394 e. The van der Waals surface area contributed by atoms with E-state index in [1.54, 1.807) is 16.0 Å². The van der Waals surface area contributed by atoms with Crippen LogP contribution in [0, 0.1) is 0 Å². The minimum atomic E-state index is 0.0520. The zero-order valence-electron chi connectivity index (χ0n) is 9.18. The van der Waals surface area contributed by atoms with Crippen molar-refractivity contribution in [2.45, 2.75) is 19.9 Å². The molecule has 0 fully saturated rings. The molecule has 0 saturated heterocycles. The number of rotatable bonds is 4. The molecule has 0 aliphatic carbocycles. The van der Waals surface area contributed by atoms with Gasteiger partial charge in [-0.3, -0.25) is 0 Å². The predicted molar refractivity (Wildman–Crippen MR) is 66.4 cm³/mol. The highest BCUT2D eigenvalue weighted by Gasteiger charge is 2.11. The summed E-state index contributed by atoms with van der Waals surface area (Å²) in [6, 6.07) is 3.97. The van der Waals surface area contributed by atoms with Crippen LogP contribution >= 0.6 is 11.3 Å². The summed E-state index contributed by atoms with van der Waals surface area (Å²) >= 11 is 1.67. The fourth-order valence-corrected chi connectivity index (χ4v) is 2.61. The summed E-state index contributed by atoms with van der Waals surface area (Å²) in [7, 11) is 0. The maximum atomic E-state index is 8.87. The summed E-state index contributed by atoms with van der Waals surface area (Å²) in [5, 5.41) is 15.3. The number of hydrogen-bond acceptors (Lipinski definition) is 4. The van der Waals surface area contributed by atoms with Crippen molar-refractivity contribution < 1.29 is 5.11 Å². The molecule has 3 N–H and O–H groups in total. The number of nitrogen functional groups attached to an aromatic ring is 1. The maximum absolute atomic E-state index is 8.87. The van der Waals surface area contributed by atoms with Gasteiger partial charge in [-0.05, 0) is 23.4 Å². The van der Waals surface area contributed by atoms with Crippen LogP contribution in [-0.4, -0.2) is 21.5 Å². The first-order valence-corrected chi connectivity index (χ1v) is 6.15. The van der Waals surface area contributed by atoms with E-state index in [2.05, 4.69) is 23.5 Å². The predicted octanol–water partition coefficient (Wildman–Crippen LogP) is 1.75. The third-order valence-corrected chi connectivity index (χ3v) is 3.46. The zero-order valence-corrected chi connectivity index (χ0v) is 10.00. The first-order chi connectivity index (χ1) is 7.76. The van der Waals surface area contributed by atoms with Crippen LogP contribution in [0.2, 0.25) is 0 Å². The van der Waals surface area contributed by atoms with Crippen LogP contribution in [0.25, 0.3) is 10.6 Å². The third kappa shape index (κ3) is 1.96. The fourth-order valence-electron chi connectivity index (χ4n) is 1.65. The van der Waals surface area contributed by atoms with E-state index in [9.17, 15) is 0 Å². The van der Waals surface area contributed by atoms with E-state index in [-0.39, 0.29) is 6.61 Å². The molecule has 16 heavy (non-hydrogen) atoms. The molecule has 2 heterocycles. The Morgan fingerprint density at radius 1 is 1.56 bits per heavy atom. The summed E-state index contributed by atoms with van der Waals surface area (Å²) in [4.78, 5) is 1.17. The van der Waals surface area contributed by atoms with Crippen LogP contribution in [0.3, 0.4) is 0 Å². The molecule has 0 saturated carbocycles. The first-order valence-electron chi connectivity index (χ1n) is 5.27. The van der Waals surface area contributed by atoms with Crippen LogP contribution in [0.15, 0.2) is 17.5 Å². The molecule has 0 unspecified atom stereocenters. The second kappa shape index (κ2) is 4.67. The van der Waals surface area contributed by atoms with Crippen molar-refractivity contribution in [3.63, 3.8) is 0 Å². The molecule has 0 atom stereocenters.